The maximum absolute atomic E-state index is 13.0. The number of nitrogens with one attached hydrogen (secondary N) is 1. The molecule has 9 heteroatoms. The molecule has 1 aromatic heterocycles. The Morgan fingerprint density at radius 1 is 1.14 bits per heavy atom. The summed E-state index contributed by atoms with van der Waals surface area (Å²) < 4.78 is 1.70. The maximum Gasteiger partial charge on any atom is 0.274 e. The van der Waals surface area contributed by atoms with Gasteiger partial charge in [-0.05, 0) is 49.9 Å². The summed E-state index contributed by atoms with van der Waals surface area (Å²) in [7, 11) is 1.83. The fraction of sp³-hybridized carbons (Fsp3) is 0.423. The second-order valence-corrected chi connectivity index (χ2v) is 9.36. The number of carbonyl (C=O) groups excluding carboxylic acids is 4. The van der Waals surface area contributed by atoms with Gasteiger partial charge in [-0.1, -0.05) is 17.9 Å². The van der Waals surface area contributed by atoms with Gasteiger partial charge in [-0.3, -0.25) is 29.2 Å². The molecule has 1 unspecified atom stereocenters. The molecule has 2 aromatic rings. The van der Waals surface area contributed by atoms with Crippen molar-refractivity contribution >= 4 is 23.6 Å². The zero-order chi connectivity index (χ0) is 24.7. The van der Waals surface area contributed by atoms with Gasteiger partial charge in [0, 0.05) is 55.8 Å². The summed E-state index contributed by atoms with van der Waals surface area (Å²) in [6.45, 7) is 3.48. The van der Waals surface area contributed by atoms with Crippen molar-refractivity contribution in [3.63, 3.8) is 0 Å². The van der Waals surface area contributed by atoms with Crippen molar-refractivity contribution in [2.24, 2.45) is 13.0 Å². The molecular weight excluding hydrogens is 446 g/mol. The number of carbonyl (C=O) groups is 4. The molecule has 0 bridgehead atoms. The predicted octanol–water partition coefficient (Wildman–Crippen LogP) is 1.39. The van der Waals surface area contributed by atoms with Crippen molar-refractivity contribution in [3.05, 3.63) is 52.3 Å². The van der Waals surface area contributed by atoms with Crippen LogP contribution in [0.25, 0.3) is 0 Å². The molecule has 2 fully saturated rings. The maximum atomic E-state index is 13.0. The highest BCUT2D eigenvalue weighted by molar-refractivity contribution is 6.05. The van der Waals surface area contributed by atoms with Crippen LogP contribution in [-0.2, 0) is 23.2 Å². The van der Waals surface area contributed by atoms with Gasteiger partial charge < -0.3 is 9.80 Å². The second-order valence-electron chi connectivity index (χ2n) is 9.36. The Morgan fingerprint density at radius 3 is 2.60 bits per heavy atom. The number of fused-ring (bicyclic) bond motifs is 1. The van der Waals surface area contributed by atoms with Crippen LogP contribution in [0.5, 0.6) is 0 Å². The van der Waals surface area contributed by atoms with E-state index in [1.807, 2.05) is 37.1 Å². The van der Waals surface area contributed by atoms with Crippen molar-refractivity contribution in [3.8, 4) is 11.8 Å². The number of aryl methyl sites for hydroxylation is 2. The number of hydrogen-bond donors (Lipinski definition) is 1. The molecule has 9 nitrogen and oxygen atoms in total. The van der Waals surface area contributed by atoms with Crippen molar-refractivity contribution in [1.29, 1.82) is 0 Å². The van der Waals surface area contributed by atoms with E-state index in [4.69, 9.17) is 0 Å². The van der Waals surface area contributed by atoms with Gasteiger partial charge in [0.15, 0.2) is 5.69 Å². The van der Waals surface area contributed by atoms with Gasteiger partial charge in [0.25, 0.3) is 11.8 Å². The van der Waals surface area contributed by atoms with E-state index >= 15 is 0 Å². The lowest BCUT2D eigenvalue weighted by atomic mass is 9.96. The molecule has 3 aliphatic rings. The van der Waals surface area contributed by atoms with Gasteiger partial charge in [-0.25, -0.2) is 0 Å². The summed E-state index contributed by atoms with van der Waals surface area (Å²) >= 11 is 0. The Balaban J connectivity index is 1.25. The normalized spacial score (nSPS) is 20.4. The number of benzene rings is 1. The highest BCUT2D eigenvalue weighted by Gasteiger charge is 2.39. The van der Waals surface area contributed by atoms with Crippen molar-refractivity contribution in [2.75, 3.05) is 13.1 Å². The lowest BCUT2D eigenvalue weighted by molar-refractivity contribution is -0.136. The highest BCUT2D eigenvalue weighted by Crippen LogP contribution is 2.29. The average molecular weight is 474 g/mol. The van der Waals surface area contributed by atoms with Gasteiger partial charge in [0.2, 0.25) is 11.8 Å². The molecule has 0 spiro atoms. The second kappa shape index (κ2) is 9.02. The number of hydrogen-bond acceptors (Lipinski definition) is 5. The van der Waals surface area contributed by atoms with E-state index in [2.05, 4.69) is 22.3 Å². The van der Waals surface area contributed by atoms with E-state index in [0.717, 1.165) is 29.7 Å². The zero-order valence-corrected chi connectivity index (χ0v) is 19.8. The number of imide groups is 1. The van der Waals surface area contributed by atoms with Crippen LogP contribution in [0.4, 0.5) is 0 Å². The number of likely N-dealkylation sites (tertiary alicyclic amines) is 1. The first-order chi connectivity index (χ1) is 16.8. The molecule has 0 radical (unpaired) electrons. The SMILES string of the molecule is Cc1cc(C(=O)N2CCC(C#Cc3cccc4c3CN(C3CCC(=O)NC3=O)C4=O)CC2)nn1C. The zero-order valence-electron chi connectivity index (χ0n) is 19.8. The van der Waals surface area contributed by atoms with Gasteiger partial charge in [0.05, 0.1) is 0 Å². The molecule has 35 heavy (non-hydrogen) atoms. The minimum absolute atomic E-state index is 0.0481. The Labute approximate surface area is 203 Å². The van der Waals surface area contributed by atoms with Crippen LogP contribution in [0.1, 0.15) is 63.4 Å². The van der Waals surface area contributed by atoms with Crippen molar-refractivity contribution < 1.29 is 19.2 Å². The lowest BCUT2D eigenvalue weighted by Gasteiger charge is -2.29. The third-order valence-electron chi connectivity index (χ3n) is 7.11. The highest BCUT2D eigenvalue weighted by atomic mass is 16.2. The summed E-state index contributed by atoms with van der Waals surface area (Å²) in [5.41, 5.74) is 3.59. The van der Waals surface area contributed by atoms with E-state index in [1.54, 1.807) is 15.6 Å². The van der Waals surface area contributed by atoms with Gasteiger partial charge in [0.1, 0.15) is 6.04 Å². The lowest BCUT2D eigenvalue weighted by Crippen LogP contribution is -2.52. The fourth-order valence-electron chi connectivity index (χ4n) is 4.94. The molecule has 2 saturated heterocycles. The third-order valence-corrected chi connectivity index (χ3v) is 7.11. The van der Waals surface area contributed by atoms with E-state index in [-0.39, 0.29) is 30.1 Å². The Kier molecular flexibility index (Phi) is 5.89. The molecule has 180 valence electrons. The molecule has 4 amide bonds. The van der Waals surface area contributed by atoms with E-state index in [9.17, 15) is 19.2 Å². The quantitative estimate of drug-likeness (QED) is 0.524. The van der Waals surface area contributed by atoms with Crippen LogP contribution in [-0.4, -0.2) is 62.3 Å². The first-order valence-corrected chi connectivity index (χ1v) is 11.9. The minimum Gasteiger partial charge on any atom is -0.337 e. The summed E-state index contributed by atoms with van der Waals surface area (Å²) in [6.07, 6.45) is 2.12. The molecule has 5 rings (SSSR count). The Hall–Kier alpha value is -3.93. The first-order valence-electron chi connectivity index (χ1n) is 11.9. The van der Waals surface area contributed by atoms with Crippen LogP contribution in [0.2, 0.25) is 0 Å². The summed E-state index contributed by atoms with van der Waals surface area (Å²) in [5, 5.41) is 6.62. The van der Waals surface area contributed by atoms with Gasteiger partial charge >= 0.3 is 0 Å². The number of amides is 4. The fourth-order valence-corrected chi connectivity index (χ4v) is 4.94. The van der Waals surface area contributed by atoms with E-state index in [1.165, 1.54) is 0 Å². The van der Waals surface area contributed by atoms with E-state index < -0.39 is 11.9 Å². The molecule has 1 atom stereocenters. The van der Waals surface area contributed by atoms with Gasteiger partial charge in [-0.15, -0.1) is 0 Å². The molecule has 1 N–H and O–H groups in total. The van der Waals surface area contributed by atoms with Crippen LogP contribution >= 0.6 is 0 Å². The van der Waals surface area contributed by atoms with E-state index in [0.29, 0.717) is 37.3 Å². The summed E-state index contributed by atoms with van der Waals surface area (Å²) in [6, 6.07) is 6.64. The largest absolute Gasteiger partial charge is 0.337 e. The first kappa shape index (κ1) is 22.8. The van der Waals surface area contributed by atoms with Crippen LogP contribution in [0.3, 0.4) is 0 Å². The number of piperidine rings is 2. The molecule has 0 aliphatic carbocycles. The van der Waals surface area contributed by atoms with Crippen LogP contribution < -0.4 is 5.32 Å². The van der Waals surface area contributed by atoms with Crippen molar-refractivity contribution in [2.45, 2.75) is 45.2 Å². The smallest absolute Gasteiger partial charge is 0.274 e. The van der Waals surface area contributed by atoms with Crippen LogP contribution in [0.15, 0.2) is 24.3 Å². The third kappa shape index (κ3) is 4.32. The van der Waals surface area contributed by atoms with Gasteiger partial charge in [-0.2, -0.15) is 5.10 Å². The predicted molar refractivity (Wildman–Crippen MR) is 126 cm³/mol. The Morgan fingerprint density at radius 2 is 1.91 bits per heavy atom. The van der Waals surface area contributed by atoms with Crippen molar-refractivity contribution in [1.82, 2.24) is 24.9 Å². The molecule has 4 heterocycles. The average Bonchev–Trinajstić information content (AvgIpc) is 3.36. The topological polar surface area (TPSA) is 105 Å². The molecular formula is C26H27N5O4. The molecule has 0 saturated carbocycles. The monoisotopic (exact) mass is 473 g/mol. The number of nitrogens with zero attached hydrogens (tertiary/aromatic N) is 4. The van der Waals surface area contributed by atoms with Crippen LogP contribution in [0, 0.1) is 24.7 Å². The molecule has 3 aliphatic heterocycles. The minimum atomic E-state index is -0.641. The number of aromatic nitrogens is 2. The summed E-state index contributed by atoms with van der Waals surface area (Å²) in [5.74, 6) is 5.79. The summed E-state index contributed by atoms with van der Waals surface area (Å²) in [4.78, 5) is 52.9. The standard InChI is InChI=1S/C26H27N5O4/c1-16-14-21(28-29(16)2)26(35)30-12-10-17(11-13-30)6-7-18-4-3-5-19-20(18)15-31(25(19)34)22-8-9-23(32)27-24(22)33/h3-5,14,17,22H,8-13,15H2,1-2H3,(H,27,32,33). The number of rotatable bonds is 2. The molecule has 1 aromatic carbocycles. The Bertz CT molecular complexity index is 1270.